The maximum absolute atomic E-state index is 11.3. The lowest BCUT2D eigenvalue weighted by atomic mass is 10.3. The summed E-state index contributed by atoms with van der Waals surface area (Å²) < 4.78 is 22.6. The Balaban J connectivity index is 2.39. The average Bonchev–Trinajstić information content (AvgIpc) is 2.97. The van der Waals surface area contributed by atoms with Crippen LogP contribution in [-0.2, 0) is 14.6 Å². The summed E-state index contributed by atoms with van der Waals surface area (Å²) in [5.74, 6) is -0.140. The van der Waals surface area contributed by atoms with Crippen LogP contribution in [0.1, 0.15) is 19.8 Å². The van der Waals surface area contributed by atoms with Gasteiger partial charge in [0.25, 0.3) is 0 Å². The second-order valence-corrected chi connectivity index (χ2v) is 6.78. The fourth-order valence-corrected chi connectivity index (χ4v) is 2.33. The number of carboxylic acids is 1. The normalized spacial score (nSPS) is 16.6. The van der Waals surface area contributed by atoms with E-state index in [9.17, 15) is 13.2 Å². The molecule has 1 saturated carbocycles. The average molecular weight is 249 g/mol. The van der Waals surface area contributed by atoms with Crippen molar-refractivity contribution < 1.29 is 18.3 Å². The highest BCUT2D eigenvalue weighted by atomic mass is 32.2. The number of carbonyl (C=O) groups is 1. The molecule has 0 unspecified atom stereocenters. The second-order valence-electron chi connectivity index (χ2n) is 4.31. The largest absolute Gasteiger partial charge is 0.480 e. The Morgan fingerprint density at radius 2 is 2.06 bits per heavy atom. The topological polar surface area (TPSA) is 74.7 Å². The second kappa shape index (κ2) is 5.63. The van der Waals surface area contributed by atoms with Gasteiger partial charge in [0.1, 0.15) is 0 Å². The zero-order valence-corrected chi connectivity index (χ0v) is 10.4. The van der Waals surface area contributed by atoms with Gasteiger partial charge in [0, 0.05) is 18.8 Å². The first kappa shape index (κ1) is 13.4. The van der Waals surface area contributed by atoms with Crippen LogP contribution in [0.4, 0.5) is 0 Å². The van der Waals surface area contributed by atoms with Crippen molar-refractivity contribution >= 4 is 15.8 Å². The van der Waals surface area contributed by atoms with Gasteiger partial charge in [-0.2, -0.15) is 0 Å². The van der Waals surface area contributed by atoms with Gasteiger partial charge < -0.3 is 5.11 Å². The lowest BCUT2D eigenvalue weighted by Crippen LogP contribution is -2.35. The van der Waals surface area contributed by atoms with Crippen molar-refractivity contribution in [3.05, 3.63) is 0 Å². The molecule has 94 valence electrons. The zero-order chi connectivity index (χ0) is 12.2. The minimum atomic E-state index is -3.00. The molecule has 0 heterocycles. The van der Waals surface area contributed by atoms with Gasteiger partial charge >= 0.3 is 5.97 Å². The molecule has 0 aliphatic heterocycles. The van der Waals surface area contributed by atoms with Crippen molar-refractivity contribution in [2.24, 2.45) is 5.92 Å². The highest BCUT2D eigenvalue weighted by Gasteiger charge is 2.25. The fraction of sp³-hybridized carbons (Fsp3) is 0.900. The molecular formula is C10H19NO4S. The molecule has 0 saturated heterocycles. The van der Waals surface area contributed by atoms with E-state index in [1.807, 2.05) is 0 Å². The summed E-state index contributed by atoms with van der Waals surface area (Å²) in [4.78, 5) is 12.3. The van der Waals surface area contributed by atoms with E-state index in [0.717, 1.165) is 12.8 Å². The molecule has 0 radical (unpaired) electrons. The van der Waals surface area contributed by atoms with Crippen molar-refractivity contribution in [1.29, 1.82) is 0 Å². The Hall–Kier alpha value is -0.620. The molecule has 1 aliphatic carbocycles. The van der Waals surface area contributed by atoms with E-state index < -0.39 is 15.8 Å². The summed E-state index contributed by atoms with van der Waals surface area (Å²) in [5.41, 5.74) is 0. The van der Waals surface area contributed by atoms with E-state index in [1.165, 1.54) is 0 Å². The van der Waals surface area contributed by atoms with Gasteiger partial charge in [0.2, 0.25) is 0 Å². The third-order valence-electron chi connectivity index (χ3n) is 2.73. The molecular weight excluding hydrogens is 230 g/mol. The summed E-state index contributed by atoms with van der Waals surface area (Å²) in [7, 11) is -3.00. The van der Waals surface area contributed by atoms with E-state index in [0.29, 0.717) is 19.0 Å². The molecule has 1 N–H and O–H groups in total. The quantitative estimate of drug-likeness (QED) is 0.666. The molecule has 0 spiro atoms. The summed E-state index contributed by atoms with van der Waals surface area (Å²) in [5, 5.41) is 8.71. The Morgan fingerprint density at radius 3 is 2.50 bits per heavy atom. The predicted octanol–water partition coefficient (Wildman–Crippen LogP) is 0.218. The predicted molar refractivity (Wildman–Crippen MR) is 61.1 cm³/mol. The molecule has 0 aromatic heterocycles. The molecule has 0 aromatic rings. The highest BCUT2D eigenvalue weighted by molar-refractivity contribution is 7.91. The van der Waals surface area contributed by atoms with Crippen molar-refractivity contribution in [2.75, 3.05) is 31.1 Å². The number of hydrogen-bond acceptors (Lipinski definition) is 4. The molecule has 6 heteroatoms. The zero-order valence-electron chi connectivity index (χ0n) is 9.55. The number of aliphatic carboxylic acids is 1. The van der Waals surface area contributed by atoms with Crippen LogP contribution in [0.2, 0.25) is 0 Å². The SMILES string of the molecule is CCS(=O)(=O)CCN(CC(=O)O)CC1CC1. The Morgan fingerprint density at radius 1 is 1.44 bits per heavy atom. The smallest absolute Gasteiger partial charge is 0.317 e. The molecule has 5 nitrogen and oxygen atoms in total. The molecule has 1 aliphatic rings. The van der Waals surface area contributed by atoms with E-state index in [-0.39, 0.29) is 18.1 Å². The van der Waals surface area contributed by atoms with Crippen LogP contribution in [0.15, 0.2) is 0 Å². The van der Waals surface area contributed by atoms with Crippen molar-refractivity contribution in [1.82, 2.24) is 4.90 Å². The monoisotopic (exact) mass is 249 g/mol. The maximum atomic E-state index is 11.3. The van der Waals surface area contributed by atoms with Crippen LogP contribution in [0, 0.1) is 5.92 Å². The number of nitrogens with zero attached hydrogens (tertiary/aromatic N) is 1. The summed E-state index contributed by atoms with van der Waals surface area (Å²) in [6.45, 7) is 2.60. The molecule has 0 bridgehead atoms. The highest BCUT2D eigenvalue weighted by Crippen LogP contribution is 2.29. The standard InChI is InChI=1S/C10H19NO4S/c1-2-16(14,15)6-5-11(8-10(12)13)7-9-3-4-9/h9H,2-8H2,1H3,(H,12,13). The first-order valence-electron chi connectivity index (χ1n) is 5.57. The third kappa shape index (κ3) is 5.46. The van der Waals surface area contributed by atoms with Crippen LogP contribution >= 0.6 is 0 Å². The Kier molecular flexibility index (Phi) is 4.73. The fourth-order valence-electron chi connectivity index (χ4n) is 1.50. The summed E-state index contributed by atoms with van der Waals surface area (Å²) >= 11 is 0. The lowest BCUT2D eigenvalue weighted by Gasteiger charge is -2.19. The van der Waals surface area contributed by atoms with Crippen LogP contribution < -0.4 is 0 Å². The van der Waals surface area contributed by atoms with Crippen LogP contribution in [-0.4, -0.2) is 55.5 Å². The van der Waals surface area contributed by atoms with Gasteiger partial charge in [0.15, 0.2) is 9.84 Å². The van der Waals surface area contributed by atoms with Gasteiger partial charge in [-0.25, -0.2) is 8.42 Å². The summed E-state index contributed by atoms with van der Waals surface area (Å²) in [6, 6.07) is 0. The molecule has 0 amide bonds. The van der Waals surface area contributed by atoms with Crippen LogP contribution in [0.5, 0.6) is 0 Å². The van der Waals surface area contributed by atoms with Crippen molar-refractivity contribution in [2.45, 2.75) is 19.8 Å². The van der Waals surface area contributed by atoms with Crippen LogP contribution in [0.3, 0.4) is 0 Å². The lowest BCUT2D eigenvalue weighted by molar-refractivity contribution is -0.138. The first-order valence-corrected chi connectivity index (χ1v) is 7.39. The number of hydrogen-bond donors (Lipinski definition) is 1. The van der Waals surface area contributed by atoms with Gasteiger partial charge in [-0.05, 0) is 18.8 Å². The van der Waals surface area contributed by atoms with E-state index in [1.54, 1.807) is 11.8 Å². The minimum Gasteiger partial charge on any atom is -0.480 e. The number of rotatable bonds is 8. The molecule has 1 fully saturated rings. The van der Waals surface area contributed by atoms with Crippen molar-refractivity contribution in [3.63, 3.8) is 0 Å². The Bertz CT molecular complexity index is 335. The molecule has 0 atom stereocenters. The van der Waals surface area contributed by atoms with Gasteiger partial charge in [-0.1, -0.05) is 6.92 Å². The van der Waals surface area contributed by atoms with Gasteiger partial charge in [0.05, 0.1) is 12.3 Å². The molecule has 0 aromatic carbocycles. The minimum absolute atomic E-state index is 0.0590. The van der Waals surface area contributed by atoms with E-state index in [2.05, 4.69) is 0 Å². The third-order valence-corrected chi connectivity index (χ3v) is 4.41. The van der Waals surface area contributed by atoms with Crippen LogP contribution in [0.25, 0.3) is 0 Å². The number of carboxylic acid groups (broad SMARTS) is 1. The van der Waals surface area contributed by atoms with E-state index >= 15 is 0 Å². The van der Waals surface area contributed by atoms with Crippen molar-refractivity contribution in [3.8, 4) is 0 Å². The Labute approximate surface area is 96.4 Å². The van der Waals surface area contributed by atoms with Gasteiger partial charge in [-0.3, -0.25) is 9.69 Å². The number of sulfone groups is 1. The molecule has 1 rings (SSSR count). The summed E-state index contributed by atoms with van der Waals surface area (Å²) in [6.07, 6.45) is 2.27. The molecule has 16 heavy (non-hydrogen) atoms. The van der Waals surface area contributed by atoms with Gasteiger partial charge in [-0.15, -0.1) is 0 Å². The first-order chi connectivity index (χ1) is 7.43. The maximum Gasteiger partial charge on any atom is 0.317 e. The van der Waals surface area contributed by atoms with E-state index in [4.69, 9.17) is 5.11 Å².